The van der Waals surface area contributed by atoms with Gasteiger partial charge in [-0.3, -0.25) is 9.59 Å². The molecule has 5 nitrogen and oxygen atoms in total. The Kier molecular flexibility index (Phi) is 6.81. The van der Waals surface area contributed by atoms with E-state index in [1.54, 1.807) is 31.4 Å². The quantitative estimate of drug-likeness (QED) is 0.749. The molecule has 0 spiro atoms. The molecule has 0 bridgehead atoms. The average molecular weight is 373 g/mol. The minimum atomic E-state index is -0.362. The van der Waals surface area contributed by atoms with Crippen LogP contribution in [0.5, 0.6) is 5.75 Å². The summed E-state index contributed by atoms with van der Waals surface area (Å²) >= 11 is 6.13. The predicted molar refractivity (Wildman–Crippen MR) is 105 cm³/mol. The highest BCUT2D eigenvalue weighted by Gasteiger charge is 2.11. The van der Waals surface area contributed by atoms with Gasteiger partial charge >= 0.3 is 0 Å². The van der Waals surface area contributed by atoms with Crippen LogP contribution in [-0.4, -0.2) is 25.0 Å². The maximum atomic E-state index is 12.2. The highest BCUT2D eigenvalue weighted by molar-refractivity contribution is 6.34. The first-order valence-corrected chi connectivity index (χ1v) is 8.51. The molecule has 0 aliphatic rings. The van der Waals surface area contributed by atoms with Crippen LogP contribution in [0, 0.1) is 0 Å². The van der Waals surface area contributed by atoms with Gasteiger partial charge in [-0.2, -0.15) is 0 Å². The lowest BCUT2D eigenvalue weighted by atomic mass is 10.1. The molecule has 0 saturated carbocycles. The molecule has 6 heteroatoms. The Labute approximate surface area is 158 Å². The van der Waals surface area contributed by atoms with Crippen LogP contribution < -0.4 is 15.4 Å². The molecule has 2 rings (SSSR count). The first-order chi connectivity index (χ1) is 12.4. The molecule has 0 fully saturated rings. The summed E-state index contributed by atoms with van der Waals surface area (Å²) < 4.78 is 5.24. The monoisotopic (exact) mass is 372 g/mol. The van der Waals surface area contributed by atoms with Crippen molar-refractivity contribution in [3.63, 3.8) is 0 Å². The lowest BCUT2D eigenvalue weighted by Gasteiger charge is -2.11. The predicted octanol–water partition coefficient (Wildman–Crippen LogP) is 4.14. The molecule has 0 aliphatic heterocycles. The van der Waals surface area contributed by atoms with Crippen LogP contribution >= 0.6 is 11.6 Å². The van der Waals surface area contributed by atoms with Gasteiger partial charge in [-0.15, -0.1) is 0 Å². The fraction of sp³-hybridized carbons (Fsp3) is 0.200. The van der Waals surface area contributed by atoms with Crippen molar-refractivity contribution in [2.75, 3.05) is 12.4 Å². The second kappa shape index (κ2) is 9.06. The minimum Gasteiger partial charge on any atom is -0.496 e. The van der Waals surface area contributed by atoms with Crippen molar-refractivity contribution in [1.29, 1.82) is 0 Å². The molecule has 0 aliphatic carbocycles. The average Bonchev–Trinajstić information content (AvgIpc) is 2.61. The number of amides is 2. The van der Waals surface area contributed by atoms with Gasteiger partial charge in [-0.1, -0.05) is 29.8 Å². The van der Waals surface area contributed by atoms with Crippen LogP contribution in [0.4, 0.5) is 5.69 Å². The molecule has 0 atom stereocenters. The number of anilines is 1. The van der Waals surface area contributed by atoms with E-state index < -0.39 is 0 Å². The zero-order valence-corrected chi connectivity index (χ0v) is 15.6. The Bertz CT molecular complexity index is 832. The van der Waals surface area contributed by atoms with Gasteiger partial charge in [-0.25, -0.2) is 0 Å². The summed E-state index contributed by atoms with van der Waals surface area (Å²) in [5.74, 6) is 0.0814. The summed E-state index contributed by atoms with van der Waals surface area (Å²) in [5, 5.41) is 5.84. The summed E-state index contributed by atoms with van der Waals surface area (Å²) in [6.45, 7) is 3.75. The molecular weight excluding hydrogens is 352 g/mol. The lowest BCUT2D eigenvalue weighted by Crippen LogP contribution is -2.30. The van der Waals surface area contributed by atoms with E-state index >= 15 is 0 Å². The number of carbonyl (C=O) groups excluding carboxylic acids is 2. The van der Waals surface area contributed by atoms with Crippen molar-refractivity contribution in [1.82, 2.24) is 5.32 Å². The molecule has 0 unspecified atom stereocenters. The van der Waals surface area contributed by atoms with Crippen LogP contribution in [0.3, 0.4) is 0 Å². The number of hydrogen-bond acceptors (Lipinski definition) is 3. The first-order valence-electron chi connectivity index (χ1n) is 8.13. The van der Waals surface area contributed by atoms with Crippen LogP contribution in [0.25, 0.3) is 6.08 Å². The highest BCUT2D eigenvalue weighted by Crippen LogP contribution is 2.24. The van der Waals surface area contributed by atoms with Gasteiger partial charge in [0, 0.05) is 23.2 Å². The van der Waals surface area contributed by atoms with E-state index in [0.717, 1.165) is 5.56 Å². The molecule has 136 valence electrons. The number of para-hydroxylation sites is 1. The zero-order chi connectivity index (χ0) is 19.1. The molecule has 2 N–H and O–H groups in total. The molecule has 0 saturated heterocycles. The van der Waals surface area contributed by atoms with Gasteiger partial charge in [0.2, 0.25) is 5.91 Å². The molecule has 0 radical (unpaired) electrons. The van der Waals surface area contributed by atoms with Crippen LogP contribution in [0.15, 0.2) is 48.5 Å². The van der Waals surface area contributed by atoms with Crippen molar-refractivity contribution < 1.29 is 14.3 Å². The van der Waals surface area contributed by atoms with Gasteiger partial charge in [-0.05, 0) is 44.2 Å². The van der Waals surface area contributed by atoms with E-state index in [9.17, 15) is 9.59 Å². The molecule has 2 aromatic carbocycles. The topological polar surface area (TPSA) is 67.4 Å². The largest absolute Gasteiger partial charge is 0.496 e. The van der Waals surface area contributed by atoms with E-state index in [1.165, 1.54) is 6.08 Å². The molecule has 2 aromatic rings. The number of methoxy groups -OCH3 is 1. The molecule has 2 amide bonds. The van der Waals surface area contributed by atoms with Gasteiger partial charge in [0.1, 0.15) is 5.75 Å². The standard InChI is InChI=1S/C20H21ClN2O3/c1-13(2)22-20(25)15-8-10-16(21)17(12-15)23-19(24)11-9-14-6-4-5-7-18(14)26-3/h4-13H,1-3H3,(H,22,25)(H,23,24). The number of carbonyl (C=O) groups is 2. The van der Waals surface area contributed by atoms with Crippen LogP contribution in [-0.2, 0) is 4.79 Å². The number of halogens is 1. The third-order valence-corrected chi connectivity index (χ3v) is 3.79. The van der Waals surface area contributed by atoms with Gasteiger partial charge in [0.25, 0.3) is 5.91 Å². The second-order valence-corrected chi connectivity index (χ2v) is 6.29. The third-order valence-electron chi connectivity index (χ3n) is 3.46. The molecule has 0 aromatic heterocycles. The maximum absolute atomic E-state index is 12.2. The van der Waals surface area contributed by atoms with Crippen molar-refractivity contribution in [3.8, 4) is 5.75 Å². The van der Waals surface area contributed by atoms with E-state index in [-0.39, 0.29) is 17.9 Å². The summed E-state index contributed by atoms with van der Waals surface area (Å²) in [7, 11) is 1.57. The van der Waals surface area contributed by atoms with E-state index in [0.29, 0.717) is 22.0 Å². The molecular formula is C20H21ClN2O3. The van der Waals surface area contributed by atoms with E-state index in [1.807, 2.05) is 38.1 Å². The molecule has 26 heavy (non-hydrogen) atoms. The number of ether oxygens (including phenoxy) is 1. The van der Waals surface area contributed by atoms with Crippen molar-refractivity contribution in [3.05, 3.63) is 64.7 Å². The Morgan fingerprint density at radius 3 is 2.58 bits per heavy atom. The van der Waals surface area contributed by atoms with Gasteiger partial charge in [0.05, 0.1) is 17.8 Å². The summed E-state index contributed by atoms with van der Waals surface area (Å²) in [6, 6.07) is 12.1. The third kappa shape index (κ3) is 5.36. The minimum absolute atomic E-state index is 0.0139. The SMILES string of the molecule is COc1ccccc1C=CC(=O)Nc1cc(C(=O)NC(C)C)ccc1Cl. The Morgan fingerprint density at radius 2 is 1.88 bits per heavy atom. The number of benzene rings is 2. The van der Waals surface area contributed by atoms with E-state index in [4.69, 9.17) is 16.3 Å². The maximum Gasteiger partial charge on any atom is 0.251 e. The van der Waals surface area contributed by atoms with Crippen molar-refractivity contribution in [2.45, 2.75) is 19.9 Å². The first kappa shape index (κ1) is 19.5. The normalized spacial score (nSPS) is 10.8. The molecule has 0 heterocycles. The lowest BCUT2D eigenvalue weighted by molar-refractivity contribution is -0.111. The zero-order valence-electron chi connectivity index (χ0n) is 14.9. The second-order valence-electron chi connectivity index (χ2n) is 5.89. The number of hydrogen-bond donors (Lipinski definition) is 2. The number of rotatable bonds is 6. The van der Waals surface area contributed by atoms with Gasteiger partial charge < -0.3 is 15.4 Å². The number of nitrogens with one attached hydrogen (secondary N) is 2. The van der Waals surface area contributed by atoms with Crippen molar-refractivity contribution in [2.24, 2.45) is 0 Å². The Balaban J connectivity index is 2.13. The van der Waals surface area contributed by atoms with Crippen LogP contribution in [0.2, 0.25) is 5.02 Å². The summed E-state index contributed by atoms with van der Waals surface area (Å²) in [6.07, 6.45) is 3.03. The Hall–Kier alpha value is -2.79. The Morgan fingerprint density at radius 1 is 1.15 bits per heavy atom. The van der Waals surface area contributed by atoms with E-state index in [2.05, 4.69) is 10.6 Å². The van der Waals surface area contributed by atoms with Crippen molar-refractivity contribution >= 4 is 35.2 Å². The van der Waals surface area contributed by atoms with Crippen LogP contribution in [0.1, 0.15) is 29.8 Å². The van der Waals surface area contributed by atoms with Gasteiger partial charge in [0.15, 0.2) is 0 Å². The highest BCUT2D eigenvalue weighted by atomic mass is 35.5. The fourth-order valence-electron chi connectivity index (χ4n) is 2.25. The fourth-order valence-corrected chi connectivity index (χ4v) is 2.42. The summed E-state index contributed by atoms with van der Waals surface area (Å²) in [5.41, 5.74) is 1.58. The summed E-state index contributed by atoms with van der Waals surface area (Å²) in [4.78, 5) is 24.3. The smallest absolute Gasteiger partial charge is 0.251 e.